The smallest absolute Gasteiger partial charge is 0.0903 e. The molecule has 0 bridgehead atoms. The molecule has 1 aliphatic rings. The fourth-order valence-corrected chi connectivity index (χ4v) is 1.81. The van der Waals surface area contributed by atoms with Crippen LogP contribution in [-0.2, 0) is 4.74 Å². The van der Waals surface area contributed by atoms with Crippen LogP contribution >= 0.6 is 15.9 Å². The van der Waals surface area contributed by atoms with Crippen molar-refractivity contribution in [3.63, 3.8) is 0 Å². The molecule has 3 heteroatoms. The number of halogens is 1. The fraction of sp³-hybridized carbons (Fsp3) is 1.00. The average Bonchev–Trinajstić information content (AvgIpc) is 1.85. The minimum absolute atomic E-state index is 0.141. The lowest BCUT2D eigenvalue weighted by molar-refractivity contribution is -0.108. The molecule has 1 fully saturated rings. The lowest BCUT2D eigenvalue weighted by Crippen LogP contribution is -2.61. The average molecular weight is 208 g/mol. The Balaban J connectivity index is 2.16. The van der Waals surface area contributed by atoms with Gasteiger partial charge < -0.3 is 4.74 Å². The maximum Gasteiger partial charge on any atom is 0.0903 e. The topological polar surface area (TPSA) is 12.5 Å². The van der Waals surface area contributed by atoms with Crippen LogP contribution in [-0.4, -0.2) is 42.6 Å². The predicted octanol–water partition coefficient (Wildman–Crippen LogP) is 1.10. The van der Waals surface area contributed by atoms with Gasteiger partial charge in [0.15, 0.2) is 0 Å². The van der Waals surface area contributed by atoms with E-state index in [4.69, 9.17) is 4.74 Å². The van der Waals surface area contributed by atoms with Crippen molar-refractivity contribution in [3.05, 3.63) is 0 Å². The lowest BCUT2D eigenvalue weighted by atomic mass is 9.97. The van der Waals surface area contributed by atoms with Crippen molar-refractivity contribution in [2.75, 3.05) is 32.1 Å². The minimum Gasteiger partial charge on any atom is -0.376 e. The van der Waals surface area contributed by atoms with Gasteiger partial charge in [0.05, 0.1) is 5.60 Å². The number of methoxy groups -OCH3 is 1. The predicted molar refractivity (Wildman–Crippen MR) is 45.6 cm³/mol. The summed E-state index contributed by atoms with van der Waals surface area (Å²) < 4.78 is 5.29. The quantitative estimate of drug-likeness (QED) is 0.644. The molecule has 0 saturated carbocycles. The summed E-state index contributed by atoms with van der Waals surface area (Å²) in [5.74, 6) is 0. The highest BCUT2D eigenvalue weighted by molar-refractivity contribution is 9.09. The Bertz CT molecular complexity index is 112. The largest absolute Gasteiger partial charge is 0.376 e. The molecule has 0 aromatic heterocycles. The van der Waals surface area contributed by atoms with Crippen molar-refractivity contribution in [2.45, 2.75) is 12.5 Å². The van der Waals surface area contributed by atoms with E-state index in [0.717, 1.165) is 25.0 Å². The van der Waals surface area contributed by atoms with Gasteiger partial charge in [0.1, 0.15) is 0 Å². The highest BCUT2D eigenvalue weighted by atomic mass is 79.9. The van der Waals surface area contributed by atoms with E-state index in [-0.39, 0.29) is 5.60 Å². The first kappa shape index (κ1) is 8.50. The van der Waals surface area contributed by atoms with Crippen LogP contribution in [0.25, 0.3) is 0 Å². The minimum atomic E-state index is 0.141. The van der Waals surface area contributed by atoms with E-state index < -0.39 is 0 Å². The van der Waals surface area contributed by atoms with E-state index in [1.165, 1.54) is 0 Å². The summed E-state index contributed by atoms with van der Waals surface area (Å²) in [5, 5.41) is 1.06. The molecule has 0 aromatic carbocycles. The summed E-state index contributed by atoms with van der Waals surface area (Å²) in [5.41, 5.74) is 0.141. The van der Waals surface area contributed by atoms with Gasteiger partial charge in [0.2, 0.25) is 0 Å². The first-order valence-electron chi connectivity index (χ1n) is 3.54. The molecule has 0 amide bonds. The van der Waals surface area contributed by atoms with E-state index in [9.17, 15) is 0 Å². The van der Waals surface area contributed by atoms with Crippen molar-refractivity contribution in [1.29, 1.82) is 0 Å². The molecule has 0 aromatic rings. The zero-order chi connectivity index (χ0) is 7.61. The fourth-order valence-electron chi connectivity index (χ4n) is 1.31. The van der Waals surface area contributed by atoms with Gasteiger partial charge in [-0.2, -0.15) is 0 Å². The van der Waals surface area contributed by atoms with Crippen molar-refractivity contribution in [3.8, 4) is 0 Å². The number of ether oxygens (including phenoxy) is 1. The molecular weight excluding hydrogens is 194 g/mol. The molecular formula is C7H14BrNO. The first-order valence-corrected chi connectivity index (χ1v) is 4.66. The zero-order valence-electron chi connectivity index (χ0n) is 6.56. The van der Waals surface area contributed by atoms with Crippen LogP contribution in [0, 0.1) is 0 Å². The van der Waals surface area contributed by atoms with Gasteiger partial charge in [0.25, 0.3) is 0 Å². The molecule has 0 atom stereocenters. The van der Waals surface area contributed by atoms with Crippen LogP contribution in [0.1, 0.15) is 6.92 Å². The Morgan fingerprint density at radius 3 is 2.60 bits per heavy atom. The van der Waals surface area contributed by atoms with E-state index in [2.05, 4.69) is 27.8 Å². The maximum absolute atomic E-state index is 5.29. The number of hydrogen-bond acceptors (Lipinski definition) is 2. The monoisotopic (exact) mass is 207 g/mol. The van der Waals surface area contributed by atoms with Gasteiger partial charge in [0, 0.05) is 32.1 Å². The van der Waals surface area contributed by atoms with Crippen molar-refractivity contribution in [1.82, 2.24) is 4.90 Å². The Hall–Kier alpha value is 0.400. The van der Waals surface area contributed by atoms with E-state index in [1.54, 1.807) is 7.11 Å². The molecule has 0 spiro atoms. The third kappa shape index (κ3) is 1.71. The van der Waals surface area contributed by atoms with Gasteiger partial charge >= 0.3 is 0 Å². The summed E-state index contributed by atoms with van der Waals surface area (Å²) in [6.07, 6.45) is 0. The lowest BCUT2D eigenvalue weighted by Gasteiger charge is -2.46. The van der Waals surface area contributed by atoms with Crippen LogP contribution in [0.3, 0.4) is 0 Å². The molecule has 1 aliphatic heterocycles. The van der Waals surface area contributed by atoms with E-state index >= 15 is 0 Å². The van der Waals surface area contributed by atoms with Crippen molar-refractivity contribution >= 4 is 15.9 Å². The Morgan fingerprint density at radius 1 is 1.60 bits per heavy atom. The van der Waals surface area contributed by atoms with Crippen LogP contribution < -0.4 is 0 Å². The van der Waals surface area contributed by atoms with Crippen LogP contribution in [0.4, 0.5) is 0 Å². The van der Waals surface area contributed by atoms with Gasteiger partial charge in [-0.15, -0.1) is 0 Å². The third-order valence-corrected chi connectivity index (χ3v) is 2.36. The maximum atomic E-state index is 5.29. The summed E-state index contributed by atoms with van der Waals surface area (Å²) in [6, 6.07) is 0. The van der Waals surface area contributed by atoms with Gasteiger partial charge in [-0.3, -0.25) is 4.90 Å². The molecule has 0 aliphatic carbocycles. The Kier molecular flexibility index (Phi) is 2.72. The molecule has 2 nitrogen and oxygen atoms in total. The second-order valence-electron chi connectivity index (χ2n) is 3.05. The normalized spacial score (nSPS) is 24.3. The molecule has 60 valence electrons. The number of nitrogens with zero attached hydrogens (tertiary/aromatic N) is 1. The van der Waals surface area contributed by atoms with Gasteiger partial charge in [-0.1, -0.05) is 15.9 Å². The molecule has 0 unspecified atom stereocenters. The standard InChI is InChI=1S/C7H14BrNO/c1-7(10-2)5-9(6-7)4-3-8/h3-6H2,1-2H3. The van der Waals surface area contributed by atoms with Crippen LogP contribution in [0.5, 0.6) is 0 Å². The zero-order valence-corrected chi connectivity index (χ0v) is 8.15. The molecule has 0 N–H and O–H groups in total. The molecule has 10 heavy (non-hydrogen) atoms. The molecule has 0 radical (unpaired) electrons. The Labute approximate surface area is 70.7 Å². The van der Waals surface area contributed by atoms with Crippen molar-refractivity contribution in [2.24, 2.45) is 0 Å². The number of alkyl halides is 1. The summed E-state index contributed by atoms with van der Waals surface area (Å²) in [4.78, 5) is 2.37. The van der Waals surface area contributed by atoms with Crippen LogP contribution in [0.15, 0.2) is 0 Å². The summed E-state index contributed by atoms with van der Waals surface area (Å²) in [7, 11) is 1.78. The SMILES string of the molecule is COC1(C)CN(CCBr)C1. The molecule has 1 rings (SSSR count). The number of likely N-dealkylation sites (tertiary alicyclic amines) is 1. The second-order valence-corrected chi connectivity index (χ2v) is 3.85. The number of hydrogen-bond donors (Lipinski definition) is 0. The second kappa shape index (κ2) is 3.20. The van der Waals surface area contributed by atoms with Crippen LogP contribution in [0.2, 0.25) is 0 Å². The summed E-state index contributed by atoms with van der Waals surface area (Å²) >= 11 is 3.40. The molecule has 1 heterocycles. The van der Waals surface area contributed by atoms with E-state index in [1.807, 2.05) is 0 Å². The summed E-state index contributed by atoms with van der Waals surface area (Å²) in [6.45, 7) is 5.45. The third-order valence-electron chi connectivity index (χ3n) is 2.01. The van der Waals surface area contributed by atoms with Gasteiger partial charge in [-0.05, 0) is 6.92 Å². The number of rotatable bonds is 3. The van der Waals surface area contributed by atoms with E-state index in [0.29, 0.717) is 0 Å². The first-order chi connectivity index (χ1) is 4.70. The highest BCUT2D eigenvalue weighted by Gasteiger charge is 2.37. The molecule has 1 saturated heterocycles. The Morgan fingerprint density at radius 2 is 2.20 bits per heavy atom. The van der Waals surface area contributed by atoms with Crippen molar-refractivity contribution < 1.29 is 4.74 Å². The van der Waals surface area contributed by atoms with Gasteiger partial charge in [-0.25, -0.2) is 0 Å². The highest BCUT2D eigenvalue weighted by Crippen LogP contribution is 2.22.